The van der Waals surface area contributed by atoms with E-state index in [1.165, 1.54) is 13.2 Å². The summed E-state index contributed by atoms with van der Waals surface area (Å²) >= 11 is 0. The van der Waals surface area contributed by atoms with Crippen LogP contribution in [0.1, 0.15) is 24.5 Å². The lowest BCUT2D eigenvalue weighted by Gasteiger charge is -2.31. The molecular formula is C29H32FNO5. The molecule has 2 atom stereocenters. The van der Waals surface area contributed by atoms with Crippen LogP contribution in [-0.4, -0.2) is 44.5 Å². The molecule has 0 aliphatic carbocycles. The highest BCUT2D eigenvalue weighted by Crippen LogP contribution is 2.30. The van der Waals surface area contributed by atoms with E-state index in [1.807, 2.05) is 48.5 Å². The largest absolute Gasteiger partial charge is 0.493 e. The molecule has 0 amide bonds. The number of rotatable bonds is 11. The zero-order valence-electron chi connectivity index (χ0n) is 20.7. The number of para-hydroxylation sites is 2. The minimum atomic E-state index is -1.34. The topological polar surface area (TPSA) is 66.0 Å². The minimum Gasteiger partial charge on any atom is -0.493 e. The van der Waals surface area contributed by atoms with Crippen LogP contribution >= 0.6 is 0 Å². The van der Waals surface area contributed by atoms with Gasteiger partial charge in [-0.2, -0.15) is 0 Å². The molecule has 4 rings (SSSR count). The van der Waals surface area contributed by atoms with Crippen LogP contribution in [0.2, 0.25) is 0 Å². The summed E-state index contributed by atoms with van der Waals surface area (Å²) in [6, 6.07) is 21.8. The Hall–Kier alpha value is -3.58. The summed E-state index contributed by atoms with van der Waals surface area (Å²) in [5.41, 5.74) is 0.929. The molecule has 7 heteroatoms. The third-order valence-corrected chi connectivity index (χ3v) is 6.23. The van der Waals surface area contributed by atoms with Crippen LogP contribution in [-0.2, 0) is 27.1 Å². The summed E-state index contributed by atoms with van der Waals surface area (Å²) in [5.74, 6) is 0.666. The molecule has 0 spiro atoms. The van der Waals surface area contributed by atoms with Gasteiger partial charge in [-0.25, -0.2) is 9.18 Å². The SMILES string of the molecule is CCOC(Cc1ccc(OCCC2CNc3ccccc3O2)cc1)(Cc1ccccc1F)C(=O)OC. The van der Waals surface area contributed by atoms with Gasteiger partial charge >= 0.3 is 5.97 Å². The van der Waals surface area contributed by atoms with Crippen molar-refractivity contribution in [3.63, 3.8) is 0 Å². The van der Waals surface area contributed by atoms with Crippen molar-refractivity contribution in [1.29, 1.82) is 0 Å². The van der Waals surface area contributed by atoms with Gasteiger partial charge in [0.2, 0.25) is 0 Å². The standard InChI is InChI=1S/C29H32FNO5/c1-3-35-29(28(32)33-2,19-22-8-4-5-9-25(22)30)18-21-12-14-23(15-13-21)34-17-16-24-20-31-26-10-6-7-11-27(26)36-24/h4-15,24,31H,3,16-20H2,1-2H3. The molecule has 0 bridgehead atoms. The number of hydrogen-bond donors (Lipinski definition) is 1. The maximum Gasteiger partial charge on any atom is 0.338 e. The van der Waals surface area contributed by atoms with Gasteiger partial charge in [0.25, 0.3) is 0 Å². The average Bonchev–Trinajstić information content (AvgIpc) is 2.90. The van der Waals surface area contributed by atoms with Crippen molar-refractivity contribution in [2.24, 2.45) is 0 Å². The molecule has 1 heterocycles. The van der Waals surface area contributed by atoms with E-state index >= 15 is 0 Å². The molecule has 36 heavy (non-hydrogen) atoms. The quantitative estimate of drug-likeness (QED) is 0.371. The van der Waals surface area contributed by atoms with Gasteiger partial charge in [0.05, 0.1) is 25.9 Å². The molecular weight excluding hydrogens is 461 g/mol. The van der Waals surface area contributed by atoms with Crippen LogP contribution in [0, 0.1) is 5.82 Å². The first-order chi connectivity index (χ1) is 17.5. The summed E-state index contributed by atoms with van der Waals surface area (Å²) < 4.78 is 37.4. The maximum atomic E-state index is 14.4. The lowest BCUT2D eigenvalue weighted by molar-refractivity contribution is -0.169. The Bertz CT molecular complexity index is 1150. The second kappa shape index (κ2) is 11.9. The normalized spacial score (nSPS) is 16.1. The first-order valence-corrected chi connectivity index (χ1v) is 12.2. The fourth-order valence-corrected chi connectivity index (χ4v) is 4.44. The van der Waals surface area contributed by atoms with Gasteiger partial charge in [-0.15, -0.1) is 0 Å². The minimum absolute atomic E-state index is 0.0319. The van der Waals surface area contributed by atoms with Gasteiger partial charge in [-0.05, 0) is 48.4 Å². The Morgan fingerprint density at radius 3 is 2.56 bits per heavy atom. The Labute approximate surface area is 211 Å². The molecule has 3 aromatic carbocycles. The van der Waals surface area contributed by atoms with Crippen LogP contribution in [0.15, 0.2) is 72.8 Å². The van der Waals surface area contributed by atoms with Gasteiger partial charge in [0.1, 0.15) is 23.4 Å². The second-order valence-corrected chi connectivity index (χ2v) is 8.76. The van der Waals surface area contributed by atoms with E-state index in [-0.39, 0.29) is 31.4 Å². The number of ether oxygens (including phenoxy) is 4. The van der Waals surface area contributed by atoms with Crippen LogP contribution in [0.5, 0.6) is 11.5 Å². The van der Waals surface area contributed by atoms with E-state index in [2.05, 4.69) is 5.32 Å². The number of carbonyl (C=O) groups excluding carboxylic acids is 1. The van der Waals surface area contributed by atoms with Gasteiger partial charge in [-0.1, -0.05) is 42.5 Å². The van der Waals surface area contributed by atoms with E-state index in [0.29, 0.717) is 12.2 Å². The summed E-state index contributed by atoms with van der Waals surface area (Å²) in [6.07, 6.45) is 1.08. The molecule has 0 aromatic heterocycles. The fourth-order valence-electron chi connectivity index (χ4n) is 4.44. The molecule has 0 radical (unpaired) electrons. The molecule has 1 N–H and O–H groups in total. The molecule has 0 saturated carbocycles. The zero-order chi connectivity index (χ0) is 25.4. The third kappa shape index (κ3) is 6.15. The van der Waals surface area contributed by atoms with Gasteiger partial charge in [0, 0.05) is 25.9 Å². The number of benzene rings is 3. The number of fused-ring (bicyclic) bond motifs is 1. The van der Waals surface area contributed by atoms with Gasteiger partial charge < -0.3 is 24.3 Å². The highest BCUT2D eigenvalue weighted by atomic mass is 19.1. The zero-order valence-corrected chi connectivity index (χ0v) is 20.7. The molecule has 1 aliphatic heterocycles. The molecule has 1 aliphatic rings. The number of nitrogens with one attached hydrogen (secondary N) is 1. The number of carbonyl (C=O) groups is 1. The smallest absolute Gasteiger partial charge is 0.338 e. The number of esters is 1. The Balaban J connectivity index is 1.38. The monoisotopic (exact) mass is 493 g/mol. The van der Waals surface area contributed by atoms with Gasteiger partial charge in [-0.3, -0.25) is 0 Å². The van der Waals surface area contributed by atoms with Crippen molar-refractivity contribution < 1.29 is 28.1 Å². The van der Waals surface area contributed by atoms with Crippen LogP contribution in [0.4, 0.5) is 10.1 Å². The van der Waals surface area contributed by atoms with Crippen LogP contribution in [0.3, 0.4) is 0 Å². The van der Waals surface area contributed by atoms with E-state index < -0.39 is 11.6 Å². The highest BCUT2D eigenvalue weighted by molar-refractivity contribution is 5.80. The number of hydrogen-bond acceptors (Lipinski definition) is 6. The highest BCUT2D eigenvalue weighted by Gasteiger charge is 2.41. The Kier molecular flexibility index (Phi) is 8.44. The van der Waals surface area contributed by atoms with E-state index in [1.54, 1.807) is 25.1 Å². The fraction of sp³-hybridized carbons (Fsp3) is 0.345. The van der Waals surface area contributed by atoms with Crippen molar-refractivity contribution >= 4 is 11.7 Å². The summed E-state index contributed by atoms with van der Waals surface area (Å²) in [4.78, 5) is 12.9. The number of methoxy groups -OCH3 is 1. The molecule has 190 valence electrons. The van der Waals surface area contributed by atoms with E-state index in [9.17, 15) is 9.18 Å². The Morgan fingerprint density at radius 1 is 1.06 bits per heavy atom. The molecule has 3 aromatic rings. The summed E-state index contributed by atoms with van der Waals surface area (Å²) in [5, 5.41) is 3.38. The predicted octanol–water partition coefficient (Wildman–Crippen LogP) is 5.20. The summed E-state index contributed by atoms with van der Waals surface area (Å²) in [7, 11) is 1.32. The molecule has 0 saturated heterocycles. The van der Waals surface area contributed by atoms with Crippen molar-refractivity contribution in [3.05, 3.63) is 89.7 Å². The third-order valence-electron chi connectivity index (χ3n) is 6.23. The second-order valence-electron chi connectivity index (χ2n) is 8.76. The van der Waals surface area contributed by atoms with Crippen molar-refractivity contribution in [2.75, 3.05) is 32.2 Å². The van der Waals surface area contributed by atoms with Crippen LogP contribution < -0.4 is 14.8 Å². The lowest BCUT2D eigenvalue weighted by atomic mass is 9.87. The van der Waals surface area contributed by atoms with E-state index in [4.69, 9.17) is 18.9 Å². The van der Waals surface area contributed by atoms with Gasteiger partial charge in [0.15, 0.2) is 5.60 Å². The lowest BCUT2D eigenvalue weighted by Crippen LogP contribution is -2.47. The Morgan fingerprint density at radius 2 is 1.81 bits per heavy atom. The number of halogens is 1. The average molecular weight is 494 g/mol. The molecule has 0 fully saturated rings. The summed E-state index contributed by atoms with van der Waals surface area (Å²) in [6.45, 7) is 3.33. The first kappa shape index (κ1) is 25.5. The van der Waals surface area contributed by atoms with E-state index in [0.717, 1.165) is 35.7 Å². The number of anilines is 1. The van der Waals surface area contributed by atoms with Crippen molar-refractivity contribution in [1.82, 2.24) is 0 Å². The van der Waals surface area contributed by atoms with Crippen molar-refractivity contribution in [2.45, 2.75) is 37.9 Å². The first-order valence-electron chi connectivity index (χ1n) is 12.2. The van der Waals surface area contributed by atoms with Crippen molar-refractivity contribution in [3.8, 4) is 11.5 Å². The molecule has 6 nitrogen and oxygen atoms in total. The predicted molar refractivity (Wildman–Crippen MR) is 136 cm³/mol. The van der Waals surface area contributed by atoms with Crippen LogP contribution in [0.25, 0.3) is 0 Å². The maximum absolute atomic E-state index is 14.4. The molecule has 2 unspecified atom stereocenters.